The molecule has 1 aliphatic heterocycles. The molecule has 214 valence electrons. The quantitative estimate of drug-likeness (QED) is 0.123. The van der Waals surface area contributed by atoms with Crippen molar-refractivity contribution in [1.29, 1.82) is 0 Å². The van der Waals surface area contributed by atoms with Crippen molar-refractivity contribution in [3.05, 3.63) is 123 Å². The van der Waals surface area contributed by atoms with E-state index in [4.69, 9.17) is 5.53 Å². The van der Waals surface area contributed by atoms with Crippen LogP contribution in [0.15, 0.2) is 84.0 Å². The van der Waals surface area contributed by atoms with Crippen molar-refractivity contribution in [3.8, 4) is 5.69 Å². The molecule has 42 heavy (non-hydrogen) atoms. The van der Waals surface area contributed by atoms with E-state index in [0.717, 1.165) is 12.1 Å². The fourth-order valence-electron chi connectivity index (χ4n) is 5.13. The number of rotatable bonds is 7. The molecule has 1 aliphatic rings. The van der Waals surface area contributed by atoms with Crippen LogP contribution in [0.25, 0.3) is 16.1 Å². The molecular formula is C29H23F4N7O2. The van der Waals surface area contributed by atoms with Crippen molar-refractivity contribution < 1.29 is 27.2 Å². The van der Waals surface area contributed by atoms with Gasteiger partial charge in [-0.1, -0.05) is 41.5 Å². The van der Waals surface area contributed by atoms with Gasteiger partial charge in [-0.05, 0) is 60.5 Å². The van der Waals surface area contributed by atoms with Crippen molar-refractivity contribution in [3.63, 3.8) is 0 Å². The molecular weight excluding hydrogens is 554 g/mol. The normalized spacial score (nSPS) is 16.5. The van der Waals surface area contributed by atoms with E-state index in [-0.39, 0.29) is 18.7 Å². The number of hydrogen-bond acceptors (Lipinski definition) is 4. The molecule has 0 saturated heterocycles. The van der Waals surface area contributed by atoms with Crippen LogP contribution in [0.4, 0.5) is 23.4 Å². The minimum atomic E-state index is -4.68. The van der Waals surface area contributed by atoms with Crippen LogP contribution in [0.5, 0.6) is 0 Å². The van der Waals surface area contributed by atoms with Crippen molar-refractivity contribution in [2.24, 2.45) is 5.11 Å². The number of likely N-dealkylation sites (N-methyl/N-ethyl adjacent to an activating group) is 1. The molecule has 5 rings (SSSR count). The van der Waals surface area contributed by atoms with Gasteiger partial charge in [0.05, 0.1) is 23.5 Å². The number of anilines is 1. The fourth-order valence-corrected chi connectivity index (χ4v) is 5.13. The Balaban J connectivity index is 1.70. The summed E-state index contributed by atoms with van der Waals surface area (Å²) in [6.45, 7) is 1.68. The molecule has 13 heteroatoms. The Labute approximate surface area is 237 Å². The molecule has 0 radical (unpaired) electrons. The Kier molecular flexibility index (Phi) is 7.68. The summed E-state index contributed by atoms with van der Waals surface area (Å²) in [6.07, 6.45) is -4.68. The van der Waals surface area contributed by atoms with Gasteiger partial charge in [-0.2, -0.15) is 18.3 Å². The zero-order chi connectivity index (χ0) is 30.0. The Bertz CT molecular complexity index is 1680. The lowest BCUT2D eigenvalue weighted by Gasteiger charge is -2.38. The number of halogens is 4. The highest BCUT2D eigenvalue weighted by Crippen LogP contribution is 2.44. The van der Waals surface area contributed by atoms with Gasteiger partial charge in [0.1, 0.15) is 17.7 Å². The van der Waals surface area contributed by atoms with Gasteiger partial charge in [-0.15, -0.1) is 0 Å². The molecule has 9 nitrogen and oxygen atoms in total. The van der Waals surface area contributed by atoms with Crippen LogP contribution in [-0.2, 0) is 17.5 Å². The second-order valence-corrected chi connectivity index (χ2v) is 9.46. The Morgan fingerprint density at radius 1 is 1.07 bits per heavy atom. The number of azide groups is 1. The van der Waals surface area contributed by atoms with Gasteiger partial charge in [0.25, 0.3) is 11.8 Å². The monoisotopic (exact) mass is 577 g/mol. The SMILES string of the molecule is CCN1C(=O)[C@H](NC(=O)c2cccc(C(F)(F)F)c2)[C@H](c2ccc(F)cc2)c2c(CN=[N+]=[N-])nn(-c3ccccc3)c21. The number of nitrogens with zero attached hydrogens (tertiary/aromatic N) is 6. The molecule has 2 atom stereocenters. The third-order valence-corrected chi connectivity index (χ3v) is 6.97. The number of carbonyl (C=O) groups excluding carboxylic acids is 2. The number of carbonyl (C=O) groups is 2. The highest BCUT2D eigenvalue weighted by atomic mass is 19.4. The maximum absolute atomic E-state index is 14.1. The summed E-state index contributed by atoms with van der Waals surface area (Å²) in [7, 11) is 0. The average Bonchev–Trinajstić information content (AvgIpc) is 3.36. The van der Waals surface area contributed by atoms with Crippen LogP contribution in [0.1, 0.15) is 45.6 Å². The second-order valence-electron chi connectivity index (χ2n) is 9.46. The molecule has 1 aromatic heterocycles. The van der Waals surface area contributed by atoms with E-state index in [2.05, 4.69) is 20.4 Å². The van der Waals surface area contributed by atoms with Crippen molar-refractivity contribution in [2.75, 3.05) is 11.4 Å². The molecule has 0 unspecified atom stereocenters. The molecule has 2 amide bonds. The van der Waals surface area contributed by atoms with E-state index in [1.165, 1.54) is 35.2 Å². The topological polar surface area (TPSA) is 116 Å². The van der Waals surface area contributed by atoms with Gasteiger partial charge in [0, 0.05) is 28.5 Å². The van der Waals surface area contributed by atoms with Gasteiger partial charge in [-0.3, -0.25) is 14.5 Å². The highest BCUT2D eigenvalue weighted by molar-refractivity contribution is 6.05. The van der Waals surface area contributed by atoms with Crippen molar-refractivity contribution in [1.82, 2.24) is 15.1 Å². The number of nitrogens with one attached hydrogen (secondary N) is 1. The molecule has 4 aromatic rings. The predicted octanol–water partition coefficient (Wildman–Crippen LogP) is 6.14. The van der Waals surface area contributed by atoms with Gasteiger partial charge in [-0.25, -0.2) is 9.07 Å². The molecule has 0 aliphatic carbocycles. The number of benzene rings is 3. The molecule has 1 N–H and O–H groups in total. The summed E-state index contributed by atoms with van der Waals surface area (Å²) in [4.78, 5) is 31.7. The fraction of sp³-hybridized carbons (Fsp3) is 0.207. The van der Waals surface area contributed by atoms with Gasteiger partial charge in [0.2, 0.25) is 0 Å². The van der Waals surface area contributed by atoms with E-state index >= 15 is 0 Å². The maximum Gasteiger partial charge on any atom is 0.416 e. The molecule has 2 heterocycles. The maximum atomic E-state index is 14.1. The first-order valence-corrected chi connectivity index (χ1v) is 12.9. The zero-order valence-electron chi connectivity index (χ0n) is 22.1. The first-order chi connectivity index (χ1) is 20.1. The summed E-state index contributed by atoms with van der Waals surface area (Å²) in [5.41, 5.74) is 9.56. The first kappa shape index (κ1) is 28.4. The van der Waals surface area contributed by atoms with E-state index in [1.807, 2.05) is 6.07 Å². The molecule has 0 bridgehead atoms. The minimum Gasteiger partial charge on any atom is -0.339 e. The molecule has 0 fully saturated rings. The van der Waals surface area contributed by atoms with Gasteiger partial charge < -0.3 is 5.32 Å². The smallest absolute Gasteiger partial charge is 0.339 e. The highest BCUT2D eigenvalue weighted by Gasteiger charge is 2.46. The molecule has 0 spiro atoms. The van der Waals surface area contributed by atoms with E-state index in [9.17, 15) is 27.2 Å². The van der Waals surface area contributed by atoms with Crippen LogP contribution >= 0.6 is 0 Å². The molecule has 3 aromatic carbocycles. The van der Waals surface area contributed by atoms with Crippen molar-refractivity contribution in [2.45, 2.75) is 31.6 Å². The lowest BCUT2D eigenvalue weighted by molar-refractivity contribution is -0.137. The Morgan fingerprint density at radius 3 is 2.43 bits per heavy atom. The Hall–Kier alpha value is -5.16. The lowest BCUT2D eigenvalue weighted by Crippen LogP contribution is -2.55. The van der Waals surface area contributed by atoms with Gasteiger partial charge >= 0.3 is 6.18 Å². The predicted molar refractivity (Wildman–Crippen MR) is 145 cm³/mol. The van der Waals surface area contributed by atoms with Crippen molar-refractivity contribution >= 4 is 17.6 Å². The Morgan fingerprint density at radius 2 is 1.79 bits per heavy atom. The summed E-state index contributed by atoms with van der Waals surface area (Å²) < 4.78 is 55.6. The summed E-state index contributed by atoms with van der Waals surface area (Å²) in [5, 5.41) is 11.0. The van der Waals surface area contributed by atoms with Crippen LogP contribution < -0.4 is 10.2 Å². The summed E-state index contributed by atoms with van der Waals surface area (Å²) in [5.74, 6) is -2.57. The average molecular weight is 578 g/mol. The van der Waals surface area contributed by atoms with E-state index in [0.29, 0.717) is 34.4 Å². The zero-order valence-corrected chi connectivity index (χ0v) is 22.1. The lowest BCUT2D eigenvalue weighted by atomic mass is 9.80. The number of fused-ring (bicyclic) bond motifs is 1. The third-order valence-electron chi connectivity index (χ3n) is 6.97. The third kappa shape index (κ3) is 5.29. The van der Waals surface area contributed by atoms with Crippen LogP contribution in [-0.4, -0.2) is 34.2 Å². The second kappa shape index (κ2) is 11.4. The summed E-state index contributed by atoms with van der Waals surface area (Å²) in [6, 6.07) is 16.8. The van der Waals surface area contributed by atoms with E-state index in [1.54, 1.807) is 35.9 Å². The molecule has 0 saturated carbocycles. The first-order valence-electron chi connectivity index (χ1n) is 12.9. The number of para-hydroxylation sites is 1. The largest absolute Gasteiger partial charge is 0.416 e. The number of hydrogen-bond donors (Lipinski definition) is 1. The standard InChI is InChI=1S/C29H23F4N7O2/c1-2-39-27-24(22(16-35-38-34)37-40(27)21-9-4-3-5-10-21)23(17-11-13-20(30)14-12-17)25(28(39)42)36-26(41)18-7-6-8-19(15-18)29(31,32)33/h3-15,23,25H,2,16H2,1H3,(H,36,41)/t23-,25-/m1/s1. The van der Waals surface area contributed by atoms with E-state index < -0.39 is 41.3 Å². The number of amides is 2. The van der Waals surface area contributed by atoms with Crippen LogP contribution in [0.2, 0.25) is 0 Å². The summed E-state index contributed by atoms with van der Waals surface area (Å²) >= 11 is 0. The minimum absolute atomic E-state index is 0.150. The number of alkyl halides is 3. The van der Waals surface area contributed by atoms with Crippen LogP contribution in [0.3, 0.4) is 0 Å². The number of aromatic nitrogens is 2. The van der Waals surface area contributed by atoms with Crippen LogP contribution in [0, 0.1) is 5.82 Å². The van der Waals surface area contributed by atoms with Gasteiger partial charge in [0.15, 0.2) is 0 Å².